The molecule has 4 aromatic heterocycles. The first-order valence-electron chi connectivity index (χ1n) is 14.1. The summed E-state index contributed by atoms with van der Waals surface area (Å²) in [6, 6.07) is 11.0. The van der Waals surface area contributed by atoms with E-state index in [1.54, 1.807) is 6.20 Å². The van der Waals surface area contributed by atoms with Gasteiger partial charge in [0.05, 0.1) is 17.9 Å². The molecule has 0 aromatic carbocycles. The van der Waals surface area contributed by atoms with Gasteiger partial charge in [0.15, 0.2) is 0 Å². The highest BCUT2D eigenvalue weighted by Gasteiger charge is 2.42. The summed E-state index contributed by atoms with van der Waals surface area (Å²) >= 11 is 0. The van der Waals surface area contributed by atoms with Crippen LogP contribution in [-0.4, -0.2) is 38.4 Å². The summed E-state index contributed by atoms with van der Waals surface area (Å²) in [7, 11) is 0. The number of hydrazine groups is 1. The molecule has 0 bridgehead atoms. The first-order chi connectivity index (χ1) is 19.2. The third kappa shape index (κ3) is 4.82. The number of rotatable bonds is 5. The lowest BCUT2D eigenvalue weighted by molar-refractivity contribution is -0.120. The monoisotopic (exact) mass is 522 g/mol. The van der Waals surface area contributed by atoms with E-state index >= 15 is 0 Å². The predicted octanol–water partition coefficient (Wildman–Crippen LogP) is 4.41. The van der Waals surface area contributed by atoms with Crippen molar-refractivity contribution in [1.82, 2.24) is 36.1 Å². The van der Waals surface area contributed by atoms with Crippen molar-refractivity contribution in [1.29, 1.82) is 0 Å². The van der Waals surface area contributed by atoms with Gasteiger partial charge in [-0.2, -0.15) is 0 Å². The van der Waals surface area contributed by atoms with Crippen molar-refractivity contribution in [2.24, 2.45) is 11.8 Å². The molecule has 0 radical (unpaired) electrons. The molecule has 4 atom stereocenters. The van der Waals surface area contributed by atoms with Crippen molar-refractivity contribution in [2.75, 3.05) is 11.9 Å². The third-order valence-corrected chi connectivity index (χ3v) is 8.75. The maximum atomic E-state index is 12.8. The molecule has 2 aliphatic heterocycles. The minimum atomic E-state index is 0.122. The summed E-state index contributed by atoms with van der Waals surface area (Å²) in [5.41, 5.74) is 13.3. The van der Waals surface area contributed by atoms with E-state index in [9.17, 15) is 4.79 Å². The minimum absolute atomic E-state index is 0.122. The molecule has 2 saturated heterocycles. The second kappa shape index (κ2) is 10.5. The van der Waals surface area contributed by atoms with E-state index in [-0.39, 0.29) is 23.9 Å². The van der Waals surface area contributed by atoms with E-state index in [0.717, 1.165) is 77.8 Å². The lowest BCUT2D eigenvalue weighted by Crippen LogP contribution is -2.46. The molecule has 1 aliphatic carbocycles. The molecule has 4 unspecified atom stereocenters. The van der Waals surface area contributed by atoms with Gasteiger partial charge in [-0.3, -0.25) is 20.2 Å². The fraction of sp³-hybridized carbons (Fsp3) is 0.400. The molecule has 9 nitrogen and oxygen atoms in total. The van der Waals surface area contributed by atoms with E-state index in [1.165, 1.54) is 6.42 Å². The average Bonchev–Trinajstić information content (AvgIpc) is 3.62. The van der Waals surface area contributed by atoms with Gasteiger partial charge in [0.1, 0.15) is 5.65 Å². The predicted molar refractivity (Wildman–Crippen MR) is 150 cm³/mol. The van der Waals surface area contributed by atoms with E-state index in [4.69, 9.17) is 0 Å². The van der Waals surface area contributed by atoms with E-state index in [0.29, 0.717) is 12.0 Å². The molecule has 5 N–H and O–H groups in total. The van der Waals surface area contributed by atoms with Crippen molar-refractivity contribution >= 4 is 22.6 Å². The van der Waals surface area contributed by atoms with Crippen molar-refractivity contribution in [3.05, 3.63) is 72.6 Å². The SMILES string of the molecule is O=C(Nc1cncc(C2CC3C(CN2)NNC3c2cc3c(-c4ccncc4)ccnc3[nH]2)c1)C1CCCCC1. The molecule has 9 heteroatoms. The number of aromatic nitrogens is 4. The summed E-state index contributed by atoms with van der Waals surface area (Å²) in [6.07, 6.45) is 15.6. The lowest BCUT2D eigenvalue weighted by Gasteiger charge is -2.34. The number of H-pyrrole nitrogens is 1. The van der Waals surface area contributed by atoms with Crippen molar-refractivity contribution in [2.45, 2.75) is 56.7 Å². The zero-order valence-corrected chi connectivity index (χ0v) is 21.9. The number of nitrogens with zero attached hydrogens (tertiary/aromatic N) is 3. The summed E-state index contributed by atoms with van der Waals surface area (Å²) in [6.45, 7) is 0.845. The molecule has 3 aliphatic rings. The molecular weight excluding hydrogens is 488 g/mol. The van der Waals surface area contributed by atoms with E-state index in [2.05, 4.69) is 59.6 Å². The quantitative estimate of drug-likeness (QED) is 0.263. The molecule has 6 heterocycles. The smallest absolute Gasteiger partial charge is 0.227 e. The Morgan fingerprint density at radius 2 is 1.82 bits per heavy atom. The van der Waals surface area contributed by atoms with Crippen LogP contribution in [0.3, 0.4) is 0 Å². The number of nitrogens with one attached hydrogen (secondary N) is 5. The van der Waals surface area contributed by atoms with Gasteiger partial charge in [0.25, 0.3) is 0 Å². The number of carbonyl (C=O) groups excluding carboxylic acids is 1. The first-order valence-corrected chi connectivity index (χ1v) is 14.1. The van der Waals surface area contributed by atoms with Gasteiger partial charge < -0.3 is 15.6 Å². The number of hydrogen-bond donors (Lipinski definition) is 5. The van der Waals surface area contributed by atoms with Gasteiger partial charge in [-0.05, 0) is 66.3 Å². The van der Waals surface area contributed by atoms with Gasteiger partial charge >= 0.3 is 0 Å². The molecule has 200 valence electrons. The maximum Gasteiger partial charge on any atom is 0.227 e. The summed E-state index contributed by atoms with van der Waals surface area (Å²) in [4.78, 5) is 29.7. The Morgan fingerprint density at radius 1 is 0.949 bits per heavy atom. The maximum absolute atomic E-state index is 12.8. The highest BCUT2D eigenvalue weighted by atomic mass is 16.1. The molecule has 4 aromatic rings. The number of hydrogen-bond acceptors (Lipinski definition) is 7. The van der Waals surface area contributed by atoms with E-state index in [1.807, 2.05) is 36.9 Å². The lowest BCUT2D eigenvalue weighted by atomic mass is 9.81. The van der Waals surface area contributed by atoms with Crippen molar-refractivity contribution in [3.8, 4) is 11.1 Å². The van der Waals surface area contributed by atoms with Gasteiger partial charge in [-0.1, -0.05) is 19.3 Å². The first kappa shape index (κ1) is 24.4. The Hall–Kier alpha value is -3.66. The molecule has 1 saturated carbocycles. The second-order valence-electron chi connectivity index (χ2n) is 11.1. The van der Waals surface area contributed by atoms with Crippen LogP contribution in [0, 0.1) is 11.8 Å². The molecule has 1 amide bonds. The minimum Gasteiger partial charge on any atom is -0.342 e. The Balaban J connectivity index is 1.10. The summed E-state index contributed by atoms with van der Waals surface area (Å²) in [5.74, 6) is 0.625. The van der Waals surface area contributed by atoms with Crippen LogP contribution in [0.5, 0.6) is 0 Å². The second-order valence-corrected chi connectivity index (χ2v) is 11.1. The molecule has 7 rings (SSSR count). The number of piperidine rings is 1. The number of carbonyl (C=O) groups is 1. The van der Waals surface area contributed by atoms with Gasteiger partial charge in [0, 0.05) is 66.3 Å². The highest BCUT2D eigenvalue weighted by Crippen LogP contribution is 2.40. The molecule has 39 heavy (non-hydrogen) atoms. The van der Waals surface area contributed by atoms with Crippen LogP contribution in [-0.2, 0) is 4.79 Å². The van der Waals surface area contributed by atoms with Crippen LogP contribution >= 0.6 is 0 Å². The van der Waals surface area contributed by atoms with Crippen LogP contribution in [0.4, 0.5) is 5.69 Å². The number of pyridine rings is 3. The van der Waals surface area contributed by atoms with Crippen LogP contribution in [0.2, 0.25) is 0 Å². The van der Waals surface area contributed by atoms with Crippen LogP contribution < -0.4 is 21.5 Å². The van der Waals surface area contributed by atoms with Gasteiger partial charge in [-0.25, -0.2) is 10.4 Å². The topological polar surface area (TPSA) is 120 Å². The van der Waals surface area contributed by atoms with Gasteiger partial charge in [-0.15, -0.1) is 0 Å². The Bertz CT molecular complexity index is 1460. The number of anilines is 1. The summed E-state index contributed by atoms with van der Waals surface area (Å²) < 4.78 is 0. The zero-order chi connectivity index (χ0) is 26.2. The largest absolute Gasteiger partial charge is 0.342 e. The third-order valence-electron chi connectivity index (χ3n) is 8.75. The van der Waals surface area contributed by atoms with Crippen LogP contribution in [0.15, 0.2) is 61.3 Å². The van der Waals surface area contributed by atoms with Gasteiger partial charge in [0.2, 0.25) is 5.91 Å². The fourth-order valence-electron chi connectivity index (χ4n) is 6.66. The van der Waals surface area contributed by atoms with E-state index < -0.39 is 0 Å². The standard InChI is InChI=1S/C30H34N8O/c39-30(19-4-2-1-3-5-19)35-21-12-20(15-32-16-21)25-14-24-27(17-34-25)37-38-28(24)26-13-23-22(8-11-33-29(23)36-26)18-6-9-31-10-7-18/h6-13,15-16,19,24-25,27-28,34,37-38H,1-5,14,17H2,(H,33,36)(H,35,39). The van der Waals surface area contributed by atoms with Crippen molar-refractivity contribution < 1.29 is 4.79 Å². The number of aromatic amines is 1. The molecule has 0 spiro atoms. The molecular formula is C30H34N8O. The summed E-state index contributed by atoms with van der Waals surface area (Å²) in [5, 5.41) is 7.94. The fourth-order valence-corrected chi connectivity index (χ4v) is 6.66. The van der Waals surface area contributed by atoms with Crippen molar-refractivity contribution in [3.63, 3.8) is 0 Å². The number of amides is 1. The average molecular weight is 523 g/mol. The Kier molecular flexibility index (Phi) is 6.56. The number of fused-ring (bicyclic) bond motifs is 2. The van der Waals surface area contributed by atoms with Crippen LogP contribution in [0.25, 0.3) is 22.2 Å². The zero-order valence-electron chi connectivity index (χ0n) is 21.9. The Morgan fingerprint density at radius 3 is 2.69 bits per heavy atom. The Labute approximate surface area is 227 Å². The highest BCUT2D eigenvalue weighted by molar-refractivity contribution is 5.93. The normalized spacial score (nSPS) is 25.4. The molecule has 3 fully saturated rings. The van der Waals surface area contributed by atoms with Crippen LogP contribution in [0.1, 0.15) is 61.9 Å².